The van der Waals surface area contributed by atoms with Crippen LogP contribution in [-0.2, 0) is 26.9 Å². The van der Waals surface area contributed by atoms with Gasteiger partial charge in [0.15, 0.2) is 0 Å². The molecule has 0 atom stereocenters. The number of carbonyl (C=O) groups is 1. The topological polar surface area (TPSA) is 80.6 Å². The molecule has 1 N–H and O–H groups in total. The lowest BCUT2D eigenvalue weighted by atomic mass is 10.1. The first-order valence-corrected chi connectivity index (χ1v) is 9.78. The molecule has 8 heteroatoms. The molecule has 25 heavy (non-hydrogen) atoms. The first-order valence-electron chi connectivity index (χ1n) is 8.13. The SMILES string of the molecule is CCOC(=O)n1cc(CCN(C)C)c2cc(CS(=O)(=O)NC)ccc21. The number of aromatic nitrogens is 1. The molecule has 0 saturated heterocycles. The van der Waals surface area contributed by atoms with Crippen LogP contribution in [-0.4, -0.2) is 58.3 Å². The van der Waals surface area contributed by atoms with E-state index < -0.39 is 16.1 Å². The summed E-state index contributed by atoms with van der Waals surface area (Å²) in [7, 11) is 2.01. The third-order valence-electron chi connectivity index (χ3n) is 3.91. The highest BCUT2D eigenvalue weighted by atomic mass is 32.2. The molecule has 138 valence electrons. The smallest absolute Gasteiger partial charge is 0.418 e. The summed E-state index contributed by atoms with van der Waals surface area (Å²) in [6.45, 7) is 2.88. The predicted octanol–water partition coefficient (Wildman–Crippen LogP) is 1.80. The largest absolute Gasteiger partial charge is 0.449 e. The van der Waals surface area contributed by atoms with Gasteiger partial charge in [-0.15, -0.1) is 0 Å². The lowest BCUT2D eigenvalue weighted by Gasteiger charge is -2.08. The van der Waals surface area contributed by atoms with Crippen LogP contribution < -0.4 is 4.72 Å². The fourth-order valence-corrected chi connectivity index (χ4v) is 3.38. The Morgan fingerprint density at radius 1 is 1.32 bits per heavy atom. The first kappa shape index (κ1) is 19.4. The van der Waals surface area contributed by atoms with Crippen molar-refractivity contribution in [2.75, 3.05) is 34.3 Å². The van der Waals surface area contributed by atoms with Crippen molar-refractivity contribution in [1.82, 2.24) is 14.2 Å². The van der Waals surface area contributed by atoms with Crippen molar-refractivity contribution in [3.05, 3.63) is 35.5 Å². The van der Waals surface area contributed by atoms with Crippen molar-refractivity contribution in [3.63, 3.8) is 0 Å². The zero-order valence-electron chi connectivity index (χ0n) is 15.1. The first-order chi connectivity index (χ1) is 11.8. The predicted molar refractivity (Wildman–Crippen MR) is 98.3 cm³/mol. The second-order valence-electron chi connectivity index (χ2n) is 6.09. The van der Waals surface area contributed by atoms with E-state index in [1.54, 1.807) is 25.3 Å². The Kier molecular flexibility index (Phi) is 6.21. The molecule has 0 fully saturated rings. The van der Waals surface area contributed by atoms with Crippen LogP contribution in [0, 0.1) is 0 Å². The van der Waals surface area contributed by atoms with E-state index in [1.165, 1.54) is 11.6 Å². The Balaban J connectivity index is 2.49. The molecule has 2 rings (SSSR count). The van der Waals surface area contributed by atoms with E-state index in [4.69, 9.17) is 4.74 Å². The molecule has 0 unspecified atom stereocenters. The number of carbonyl (C=O) groups excluding carboxylic acids is 1. The van der Waals surface area contributed by atoms with Crippen LogP contribution in [0.5, 0.6) is 0 Å². The van der Waals surface area contributed by atoms with E-state index in [-0.39, 0.29) is 5.75 Å². The average molecular weight is 367 g/mol. The molecule has 0 bridgehead atoms. The van der Waals surface area contributed by atoms with Gasteiger partial charge in [-0.3, -0.25) is 4.57 Å². The van der Waals surface area contributed by atoms with Gasteiger partial charge in [0, 0.05) is 18.1 Å². The third-order valence-corrected chi connectivity index (χ3v) is 5.25. The maximum atomic E-state index is 12.2. The number of ether oxygens (including phenoxy) is 1. The molecular formula is C17H25N3O4S. The molecule has 0 spiro atoms. The van der Waals surface area contributed by atoms with E-state index in [1.807, 2.05) is 20.2 Å². The third kappa shape index (κ3) is 4.81. The minimum Gasteiger partial charge on any atom is -0.449 e. The summed E-state index contributed by atoms with van der Waals surface area (Å²) in [4.78, 5) is 14.3. The normalized spacial score (nSPS) is 12.0. The Hall–Kier alpha value is -1.90. The van der Waals surface area contributed by atoms with Crippen LogP contribution in [0.25, 0.3) is 10.9 Å². The minimum absolute atomic E-state index is 0.100. The molecular weight excluding hydrogens is 342 g/mol. The maximum Gasteiger partial charge on any atom is 0.418 e. The Bertz CT molecular complexity index is 856. The number of sulfonamides is 1. The molecule has 1 aromatic carbocycles. The number of benzene rings is 1. The summed E-state index contributed by atoms with van der Waals surface area (Å²) in [6, 6.07) is 5.33. The van der Waals surface area contributed by atoms with Crippen LogP contribution in [0.3, 0.4) is 0 Å². The Morgan fingerprint density at radius 3 is 2.64 bits per heavy atom. The number of fused-ring (bicyclic) bond motifs is 1. The van der Waals surface area contributed by atoms with Gasteiger partial charge >= 0.3 is 6.09 Å². The van der Waals surface area contributed by atoms with E-state index in [9.17, 15) is 13.2 Å². The van der Waals surface area contributed by atoms with Gasteiger partial charge in [0.25, 0.3) is 0 Å². The van der Waals surface area contributed by atoms with Crippen LogP contribution in [0.1, 0.15) is 18.1 Å². The number of hydrogen-bond donors (Lipinski definition) is 1. The van der Waals surface area contributed by atoms with Gasteiger partial charge < -0.3 is 9.64 Å². The van der Waals surface area contributed by atoms with Gasteiger partial charge in [0.05, 0.1) is 17.9 Å². The van der Waals surface area contributed by atoms with Crippen molar-refractivity contribution >= 4 is 27.0 Å². The quantitative estimate of drug-likeness (QED) is 0.807. The average Bonchev–Trinajstić information content (AvgIpc) is 2.91. The monoisotopic (exact) mass is 367 g/mol. The lowest BCUT2D eigenvalue weighted by Crippen LogP contribution is -2.20. The summed E-state index contributed by atoms with van der Waals surface area (Å²) in [5, 5.41) is 0.874. The number of rotatable bonds is 7. The molecule has 0 aliphatic rings. The zero-order valence-corrected chi connectivity index (χ0v) is 15.9. The van der Waals surface area contributed by atoms with Gasteiger partial charge in [-0.05, 0) is 57.7 Å². The molecule has 0 amide bonds. The van der Waals surface area contributed by atoms with Crippen molar-refractivity contribution in [3.8, 4) is 0 Å². The van der Waals surface area contributed by atoms with Gasteiger partial charge in [-0.25, -0.2) is 17.9 Å². The molecule has 0 saturated carbocycles. The van der Waals surface area contributed by atoms with Crippen LogP contribution in [0.2, 0.25) is 0 Å². The Labute approximate surface area is 148 Å². The fraction of sp³-hybridized carbons (Fsp3) is 0.471. The number of likely N-dealkylation sites (N-methyl/N-ethyl adjacent to an activating group) is 1. The lowest BCUT2D eigenvalue weighted by molar-refractivity contribution is 0.155. The highest BCUT2D eigenvalue weighted by molar-refractivity contribution is 7.88. The second kappa shape index (κ2) is 7.99. The summed E-state index contributed by atoms with van der Waals surface area (Å²) < 4.78 is 32.5. The molecule has 1 aromatic heterocycles. The standard InChI is InChI=1S/C17H25N3O4S/c1-5-24-17(21)20-11-14(8-9-19(3)4)15-10-13(6-7-16(15)20)12-25(22,23)18-2/h6-7,10-11,18H,5,8-9,12H2,1-4H3. The molecule has 0 aliphatic carbocycles. The summed E-state index contributed by atoms with van der Waals surface area (Å²) in [5.74, 6) is -0.100. The number of nitrogens with zero attached hydrogens (tertiary/aromatic N) is 2. The molecule has 0 aliphatic heterocycles. The second-order valence-corrected chi connectivity index (χ2v) is 8.02. The van der Waals surface area contributed by atoms with Crippen molar-refractivity contribution in [2.45, 2.75) is 19.1 Å². The number of nitrogens with one attached hydrogen (secondary N) is 1. The zero-order chi connectivity index (χ0) is 18.6. The summed E-state index contributed by atoms with van der Waals surface area (Å²) >= 11 is 0. The van der Waals surface area contributed by atoms with Gasteiger partial charge in [-0.1, -0.05) is 6.07 Å². The van der Waals surface area contributed by atoms with Crippen molar-refractivity contribution < 1.29 is 17.9 Å². The molecule has 0 radical (unpaired) electrons. The van der Waals surface area contributed by atoms with Crippen molar-refractivity contribution in [2.24, 2.45) is 0 Å². The Morgan fingerprint density at radius 2 is 2.04 bits per heavy atom. The van der Waals surface area contributed by atoms with Crippen LogP contribution in [0.4, 0.5) is 4.79 Å². The van der Waals surface area contributed by atoms with Crippen molar-refractivity contribution in [1.29, 1.82) is 0 Å². The summed E-state index contributed by atoms with van der Waals surface area (Å²) in [5.41, 5.74) is 2.38. The van der Waals surface area contributed by atoms with Gasteiger partial charge in [0.1, 0.15) is 0 Å². The van der Waals surface area contributed by atoms with Crippen LogP contribution >= 0.6 is 0 Å². The van der Waals surface area contributed by atoms with Gasteiger partial charge in [-0.2, -0.15) is 0 Å². The minimum atomic E-state index is -3.35. The molecule has 2 aromatic rings. The molecule has 1 heterocycles. The maximum absolute atomic E-state index is 12.2. The van der Waals surface area contributed by atoms with E-state index >= 15 is 0 Å². The van der Waals surface area contributed by atoms with Crippen LogP contribution in [0.15, 0.2) is 24.4 Å². The number of hydrogen-bond acceptors (Lipinski definition) is 5. The van der Waals surface area contributed by atoms with E-state index in [2.05, 4.69) is 9.62 Å². The molecule has 7 nitrogen and oxygen atoms in total. The fourth-order valence-electron chi connectivity index (χ4n) is 2.61. The highest BCUT2D eigenvalue weighted by Gasteiger charge is 2.16. The summed E-state index contributed by atoms with van der Waals surface area (Å²) in [6.07, 6.45) is 2.10. The van der Waals surface area contributed by atoms with Gasteiger partial charge in [0.2, 0.25) is 10.0 Å². The highest BCUT2D eigenvalue weighted by Crippen LogP contribution is 2.25. The van der Waals surface area contributed by atoms with E-state index in [0.29, 0.717) is 12.2 Å². The van der Waals surface area contributed by atoms with E-state index in [0.717, 1.165) is 29.4 Å².